The number of amides is 3. The van der Waals surface area contributed by atoms with Gasteiger partial charge in [0.15, 0.2) is 5.13 Å². The summed E-state index contributed by atoms with van der Waals surface area (Å²) in [6, 6.07) is 13.1. The molecule has 0 bridgehead atoms. The fourth-order valence-electron chi connectivity index (χ4n) is 3.55. The van der Waals surface area contributed by atoms with Crippen LogP contribution in [0.1, 0.15) is 25.5 Å². The van der Waals surface area contributed by atoms with E-state index in [9.17, 15) is 18.8 Å². The Morgan fingerprint density at radius 3 is 2.67 bits per heavy atom. The SMILES string of the molecule is CC(=O)N(c1nc(/C=C/C(=O)Nc2ccccc2N2CCCC2=O)cs1)c1ccccc1F. The molecule has 0 radical (unpaired) electrons. The highest BCUT2D eigenvalue weighted by atomic mass is 32.1. The van der Waals surface area contributed by atoms with Crippen molar-refractivity contribution in [1.29, 1.82) is 0 Å². The average Bonchev–Trinajstić information content (AvgIpc) is 3.43. The molecule has 0 atom stereocenters. The number of anilines is 4. The molecular weight excluding hydrogens is 443 g/mol. The van der Waals surface area contributed by atoms with Crippen LogP contribution in [0.15, 0.2) is 60.0 Å². The first-order chi connectivity index (χ1) is 15.9. The normalized spacial score (nSPS) is 13.5. The topological polar surface area (TPSA) is 82.6 Å². The van der Waals surface area contributed by atoms with Crippen LogP contribution in [0, 0.1) is 5.82 Å². The largest absolute Gasteiger partial charge is 0.321 e. The second-order valence-corrected chi connectivity index (χ2v) is 8.19. The third-order valence-corrected chi connectivity index (χ3v) is 5.88. The van der Waals surface area contributed by atoms with E-state index >= 15 is 0 Å². The van der Waals surface area contributed by atoms with Crippen LogP contribution in [0.25, 0.3) is 6.08 Å². The van der Waals surface area contributed by atoms with Gasteiger partial charge >= 0.3 is 0 Å². The molecule has 0 unspecified atom stereocenters. The number of benzene rings is 2. The Labute approximate surface area is 194 Å². The van der Waals surface area contributed by atoms with E-state index in [4.69, 9.17) is 0 Å². The molecule has 4 rings (SSSR count). The maximum atomic E-state index is 14.2. The van der Waals surface area contributed by atoms with Crippen molar-refractivity contribution in [2.75, 3.05) is 21.7 Å². The van der Waals surface area contributed by atoms with Crippen LogP contribution < -0.4 is 15.1 Å². The van der Waals surface area contributed by atoms with Crippen molar-refractivity contribution in [2.24, 2.45) is 0 Å². The molecule has 1 fully saturated rings. The molecule has 1 aromatic heterocycles. The molecule has 1 saturated heterocycles. The number of rotatable bonds is 6. The first-order valence-corrected chi connectivity index (χ1v) is 11.2. The van der Waals surface area contributed by atoms with Crippen LogP contribution in [-0.4, -0.2) is 29.3 Å². The molecule has 1 N–H and O–H groups in total. The van der Waals surface area contributed by atoms with Crippen LogP contribution in [0.2, 0.25) is 0 Å². The number of thiazole rings is 1. The Balaban J connectivity index is 1.49. The van der Waals surface area contributed by atoms with Crippen molar-refractivity contribution >= 4 is 57.3 Å². The van der Waals surface area contributed by atoms with Gasteiger partial charge in [-0.05, 0) is 36.8 Å². The van der Waals surface area contributed by atoms with Gasteiger partial charge < -0.3 is 10.2 Å². The molecule has 0 aliphatic carbocycles. The molecule has 2 aromatic carbocycles. The van der Waals surface area contributed by atoms with Gasteiger partial charge in [0.1, 0.15) is 5.82 Å². The zero-order valence-corrected chi connectivity index (χ0v) is 18.6. The lowest BCUT2D eigenvalue weighted by Gasteiger charge is -2.19. The van der Waals surface area contributed by atoms with Crippen molar-refractivity contribution in [3.05, 3.63) is 71.5 Å². The van der Waals surface area contributed by atoms with E-state index in [-0.39, 0.29) is 23.4 Å². The maximum Gasteiger partial charge on any atom is 0.248 e. The Kier molecular flexibility index (Phi) is 6.60. The van der Waals surface area contributed by atoms with E-state index in [0.717, 1.165) is 17.8 Å². The van der Waals surface area contributed by atoms with E-state index in [1.807, 2.05) is 6.07 Å². The Bertz CT molecular complexity index is 1240. The van der Waals surface area contributed by atoms with Crippen molar-refractivity contribution in [3.8, 4) is 0 Å². The summed E-state index contributed by atoms with van der Waals surface area (Å²) in [5.74, 6) is -1.27. The first-order valence-electron chi connectivity index (χ1n) is 10.3. The summed E-state index contributed by atoms with van der Waals surface area (Å²) in [7, 11) is 0. The maximum absolute atomic E-state index is 14.2. The van der Waals surface area contributed by atoms with E-state index < -0.39 is 5.82 Å². The molecule has 33 heavy (non-hydrogen) atoms. The standard InChI is InChI=1S/C24H21FN4O3S/c1-16(30)29(20-9-4-2-7-18(20)25)24-26-17(15-33-24)12-13-22(31)27-19-8-3-5-10-21(19)28-14-6-11-23(28)32/h2-5,7-10,12-13,15H,6,11,14H2,1H3,(H,27,31)/b13-12+. The summed E-state index contributed by atoms with van der Waals surface area (Å²) < 4.78 is 14.2. The van der Waals surface area contributed by atoms with Crippen molar-refractivity contribution < 1.29 is 18.8 Å². The van der Waals surface area contributed by atoms with Crippen molar-refractivity contribution in [2.45, 2.75) is 19.8 Å². The minimum Gasteiger partial charge on any atom is -0.321 e. The minimum absolute atomic E-state index is 0.0344. The number of aromatic nitrogens is 1. The van der Waals surface area contributed by atoms with E-state index in [0.29, 0.717) is 35.2 Å². The molecule has 7 nitrogen and oxygen atoms in total. The van der Waals surface area contributed by atoms with Crippen LogP contribution in [0.5, 0.6) is 0 Å². The zero-order chi connectivity index (χ0) is 23.4. The Hall–Kier alpha value is -3.85. The van der Waals surface area contributed by atoms with Crippen LogP contribution in [-0.2, 0) is 14.4 Å². The average molecular weight is 465 g/mol. The summed E-state index contributed by atoms with van der Waals surface area (Å²) in [4.78, 5) is 44.0. The quantitative estimate of drug-likeness (QED) is 0.534. The molecule has 2 heterocycles. The predicted molar refractivity (Wildman–Crippen MR) is 127 cm³/mol. The molecule has 9 heteroatoms. The molecule has 1 aliphatic rings. The number of nitrogens with zero attached hydrogens (tertiary/aromatic N) is 3. The summed E-state index contributed by atoms with van der Waals surface area (Å²) in [5.41, 5.74) is 1.78. The van der Waals surface area contributed by atoms with E-state index in [1.165, 1.54) is 36.1 Å². The third-order valence-electron chi connectivity index (χ3n) is 5.04. The van der Waals surface area contributed by atoms with Crippen LogP contribution >= 0.6 is 11.3 Å². The lowest BCUT2D eigenvalue weighted by atomic mass is 10.2. The fraction of sp³-hybridized carbons (Fsp3) is 0.167. The summed E-state index contributed by atoms with van der Waals surface area (Å²) >= 11 is 1.16. The van der Waals surface area contributed by atoms with Crippen LogP contribution in [0.3, 0.4) is 0 Å². The van der Waals surface area contributed by atoms with Gasteiger partial charge in [0, 0.05) is 31.3 Å². The van der Waals surface area contributed by atoms with Crippen LogP contribution in [0.4, 0.5) is 26.6 Å². The number of carbonyl (C=O) groups excluding carboxylic acids is 3. The number of carbonyl (C=O) groups is 3. The van der Waals surface area contributed by atoms with Gasteiger partial charge in [0.05, 0.1) is 22.8 Å². The Morgan fingerprint density at radius 1 is 1.18 bits per heavy atom. The molecule has 0 spiro atoms. The van der Waals surface area contributed by atoms with Crippen molar-refractivity contribution in [3.63, 3.8) is 0 Å². The number of hydrogen-bond donors (Lipinski definition) is 1. The Morgan fingerprint density at radius 2 is 1.94 bits per heavy atom. The fourth-order valence-corrected chi connectivity index (χ4v) is 4.40. The second kappa shape index (κ2) is 9.74. The van der Waals surface area contributed by atoms with Gasteiger partial charge in [-0.3, -0.25) is 19.3 Å². The molecule has 0 saturated carbocycles. The number of para-hydroxylation sites is 3. The van der Waals surface area contributed by atoms with Gasteiger partial charge in [-0.25, -0.2) is 9.37 Å². The molecule has 168 valence electrons. The highest BCUT2D eigenvalue weighted by molar-refractivity contribution is 7.14. The summed E-state index contributed by atoms with van der Waals surface area (Å²) in [6.45, 7) is 1.96. The highest BCUT2D eigenvalue weighted by Crippen LogP contribution is 2.31. The smallest absolute Gasteiger partial charge is 0.248 e. The monoisotopic (exact) mass is 464 g/mol. The highest BCUT2D eigenvalue weighted by Gasteiger charge is 2.24. The van der Waals surface area contributed by atoms with E-state index in [2.05, 4.69) is 10.3 Å². The molecule has 3 amide bonds. The lowest BCUT2D eigenvalue weighted by molar-refractivity contribution is -0.117. The third kappa shape index (κ3) is 4.98. The van der Waals surface area contributed by atoms with Gasteiger partial charge in [-0.2, -0.15) is 0 Å². The van der Waals surface area contributed by atoms with Gasteiger partial charge in [0.2, 0.25) is 17.7 Å². The number of hydrogen-bond acceptors (Lipinski definition) is 5. The molecule has 3 aromatic rings. The van der Waals surface area contributed by atoms with Gasteiger partial charge in [-0.1, -0.05) is 24.3 Å². The molecular formula is C24H21FN4O3S. The van der Waals surface area contributed by atoms with Crippen molar-refractivity contribution in [1.82, 2.24) is 4.98 Å². The van der Waals surface area contributed by atoms with E-state index in [1.54, 1.807) is 40.6 Å². The lowest BCUT2D eigenvalue weighted by Crippen LogP contribution is -2.25. The second-order valence-electron chi connectivity index (χ2n) is 7.35. The first kappa shape index (κ1) is 22.3. The minimum atomic E-state index is -0.533. The summed E-state index contributed by atoms with van der Waals surface area (Å²) in [5, 5.41) is 4.77. The van der Waals surface area contributed by atoms with Gasteiger partial charge in [-0.15, -0.1) is 11.3 Å². The number of nitrogens with one attached hydrogen (secondary N) is 1. The number of halogens is 1. The van der Waals surface area contributed by atoms with Gasteiger partial charge in [0.25, 0.3) is 0 Å². The summed E-state index contributed by atoms with van der Waals surface area (Å²) in [6.07, 6.45) is 4.12. The molecule has 1 aliphatic heterocycles. The predicted octanol–water partition coefficient (Wildman–Crippen LogP) is 4.75. The zero-order valence-electron chi connectivity index (χ0n) is 17.8.